The van der Waals surface area contributed by atoms with Gasteiger partial charge in [-0.2, -0.15) is 0 Å². The fourth-order valence-electron chi connectivity index (χ4n) is 7.47. The third kappa shape index (κ3) is 4.71. The Morgan fingerprint density at radius 2 is 0.980 bits per heavy atom. The summed E-state index contributed by atoms with van der Waals surface area (Å²) >= 11 is 0. The van der Waals surface area contributed by atoms with Crippen molar-refractivity contribution in [1.29, 1.82) is 0 Å². The maximum absolute atomic E-state index is 5.28. The molecule has 0 aliphatic heterocycles. The van der Waals surface area contributed by atoms with Gasteiger partial charge in [0.2, 0.25) is 0 Å². The van der Waals surface area contributed by atoms with Crippen LogP contribution in [0.1, 0.15) is 0 Å². The normalized spacial score (nSPS) is 11.6. The summed E-state index contributed by atoms with van der Waals surface area (Å²) in [4.78, 5) is 14.8. The van der Waals surface area contributed by atoms with E-state index in [4.69, 9.17) is 9.97 Å². The lowest BCUT2D eigenvalue weighted by Crippen LogP contribution is -1.97. The van der Waals surface area contributed by atoms with Crippen LogP contribution in [-0.2, 0) is 0 Å². The monoisotopic (exact) mass is 635 g/mol. The van der Waals surface area contributed by atoms with Gasteiger partial charge in [-0.15, -0.1) is 0 Å². The number of nitrogens with zero attached hydrogens (tertiary/aromatic N) is 3. The lowest BCUT2D eigenvalue weighted by molar-refractivity contribution is 1.18. The molecule has 3 heteroatoms. The van der Waals surface area contributed by atoms with E-state index >= 15 is 0 Å². The SMILES string of the molecule is c1cncc(-c2cccc(-c3cc(-c4ccc5c6c(cccc46)-c4ccccc4-5)nc(-c4ccc(-c5ccc6ccccc6c5)cc4)n3)c2)c1. The molecule has 0 N–H and O–H groups in total. The standard InChI is InChI=1S/C47H29N3/c1-2-9-33-26-35(22-19-30(33)8-1)31-17-20-32(21-18-31)47-49-44(36-11-5-10-34(27-36)37-12-7-25-48-29-37)28-45(50-47)40-23-24-43-39-14-4-3-13-38(39)41-15-6-16-42(40)46(41)43/h1-29H. The fourth-order valence-corrected chi connectivity index (χ4v) is 7.47. The Morgan fingerprint density at radius 3 is 1.82 bits per heavy atom. The molecular formula is C47H29N3. The molecule has 1 aliphatic rings. The van der Waals surface area contributed by atoms with Gasteiger partial charge < -0.3 is 0 Å². The summed E-state index contributed by atoms with van der Waals surface area (Å²) in [6, 6.07) is 58.3. The summed E-state index contributed by atoms with van der Waals surface area (Å²) in [5, 5.41) is 4.95. The highest BCUT2D eigenvalue weighted by molar-refractivity contribution is 6.18. The Kier molecular flexibility index (Phi) is 6.49. The molecule has 0 spiro atoms. The van der Waals surface area contributed by atoms with Crippen molar-refractivity contribution in [3.8, 4) is 78.4 Å². The van der Waals surface area contributed by atoms with Gasteiger partial charge >= 0.3 is 0 Å². The Morgan fingerprint density at radius 1 is 0.340 bits per heavy atom. The van der Waals surface area contributed by atoms with Gasteiger partial charge in [0.15, 0.2) is 5.82 Å². The van der Waals surface area contributed by atoms with Crippen LogP contribution in [0.25, 0.3) is 100.0 Å². The highest BCUT2D eigenvalue weighted by Gasteiger charge is 2.23. The predicted molar refractivity (Wildman–Crippen MR) is 206 cm³/mol. The van der Waals surface area contributed by atoms with Crippen molar-refractivity contribution in [3.63, 3.8) is 0 Å². The predicted octanol–water partition coefficient (Wildman–Crippen LogP) is 12.2. The zero-order valence-electron chi connectivity index (χ0n) is 27.1. The quantitative estimate of drug-likeness (QED) is 0.189. The van der Waals surface area contributed by atoms with E-state index in [1.807, 2.05) is 12.3 Å². The first-order chi connectivity index (χ1) is 24.8. The molecule has 0 saturated heterocycles. The molecule has 0 atom stereocenters. The second kappa shape index (κ2) is 11.5. The number of hydrogen-bond donors (Lipinski definition) is 0. The van der Waals surface area contributed by atoms with Crippen molar-refractivity contribution in [2.24, 2.45) is 0 Å². The van der Waals surface area contributed by atoms with Crippen molar-refractivity contribution < 1.29 is 0 Å². The first-order valence-corrected chi connectivity index (χ1v) is 16.9. The lowest BCUT2D eigenvalue weighted by Gasteiger charge is -2.13. The van der Waals surface area contributed by atoms with Gasteiger partial charge in [0, 0.05) is 34.6 Å². The van der Waals surface area contributed by atoms with Crippen LogP contribution in [-0.4, -0.2) is 15.0 Å². The Hall–Kier alpha value is -6.71. The van der Waals surface area contributed by atoms with E-state index in [1.165, 1.54) is 49.4 Å². The molecule has 9 aromatic rings. The van der Waals surface area contributed by atoms with Crippen LogP contribution in [0.4, 0.5) is 0 Å². The topological polar surface area (TPSA) is 38.7 Å². The molecule has 2 heterocycles. The minimum Gasteiger partial charge on any atom is -0.264 e. The zero-order chi connectivity index (χ0) is 33.0. The maximum atomic E-state index is 5.28. The van der Waals surface area contributed by atoms with Crippen molar-refractivity contribution in [3.05, 3.63) is 176 Å². The Balaban J connectivity index is 1.13. The lowest BCUT2D eigenvalue weighted by atomic mass is 9.95. The van der Waals surface area contributed by atoms with E-state index in [9.17, 15) is 0 Å². The second-order valence-corrected chi connectivity index (χ2v) is 12.9. The molecule has 0 bridgehead atoms. The molecule has 232 valence electrons. The van der Waals surface area contributed by atoms with E-state index < -0.39 is 0 Å². The van der Waals surface area contributed by atoms with Crippen molar-refractivity contribution in [2.45, 2.75) is 0 Å². The van der Waals surface area contributed by atoms with Crippen LogP contribution in [0, 0.1) is 0 Å². The number of pyridine rings is 1. The molecule has 1 aliphatic carbocycles. The molecular weight excluding hydrogens is 607 g/mol. The highest BCUT2D eigenvalue weighted by Crippen LogP contribution is 2.49. The number of hydrogen-bond acceptors (Lipinski definition) is 3. The number of fused-ring (bicyclic) bond motifs is 4. The Labute approximate surface area is 290 Å². The van der Waals surface area contributed by atoms with Crippen LogP contribution in [0.5, 0.6) is 0 Å². The highest BCUT2D eigenvalue weighted by atomic mass is 14.9. The van der Waals surface area contributed by atoms with Gasteiger partial charge in [-0.05, 0) is 84.8 Å². The summed E-state index contributed by atoms with van der Waals surface area (Å²) in [6.45, 7) is 0. The summed E-state index contributed by atoms with van der Waals surface area (Å²) in [5.74, 6) is 0.695. The van der Waals surface area contributed by atoms with Gasteiger partial charge in [0.1, 0.15) is 0 Å². The average molecular weight is 636 g/mol. The van der Waals surface area contributed by atoms with Gasteiger partial charge in [0.25, 0.3) is 0 Å². The summed E-state index contributed by atoms with van der Waals surface area (Å²) in [7, 11) is 0. The first kappa shape index (κ1) is 28.3. The molecule has 0 amide bonds. The molecule has 10 rings (SSSR count). The molecule has 0 radical (unpaired) electrons. The Bertz CT molecular complexity index is 2720. The third-order valence-corrected chi connectivity index (χ3v) is 9.93. The molecule has 50 heavy (non-hydrogen) atoms. The molecule has 0 fully saturated rings. The number of benzene rings is 7. The molecule has 2 aromatic heterocycles. The minimum absolute atomic E-state index is 0.695. The van der Waals surface area contributed by atoms with Gasteiger partial charge in [-0.25, -0.2) is 9.97 Å². The smallest absolute Gasteiger partial charge is 0.160 e. The third-order valence-electron chi connectivity index (χ3n) is 9.93. The zero-order valence-corrected chi connectivity index (χ0v) is 27.1. The van der Waals surface area contributed by atoms with E-state index in [0.717, 1.165) is 44.8 Å². The van der Waals surface area contributed by atoms with Crippen molar-refractivity contribution >= 4 is 21.5 Å². The van der Waals surface area contributed by atoms with Gasteiger partial charge in [-0.1, -0.05) is 140 Å². The van der Waals surface area contributed by atoms with E-state index in [1.54, 1.807) is 6.20 Å². The van der Waals surface area contributed by atoms with Gasteiger partial charge in [-0.3, -0.25) is 4.98 Å². The average Bonchev–Trinajstić information content (AvgIpc) is 3.53. The summed E-state index contributed by atoms with van der Waals surface area (Å²) in [6.07, 6.45) is 3.70. The maximum Gasteiger partial charge on any atom is 0.160 e. The molecule has 7 aromatic carbocycles. The largest absolute Gasteiger partial charge is 0.264 e. The second-order valence-electron chi connectivity index (χ2n) is 12.9. The number of rotatable bonds is 5. The van der Waals surface area contributed by atoms with Crippen LogP contribution in [0.2, 0.25) is 0 Å². The van der Waals surface area contributed by atoms with Crippen LogP contribution < -0.4 is 0 Å². The summed E-state index contributed by atoms with van der Waals surface area (Å²) < 4.78 is 0. The van der Waals surface area contributed by atoms with Gasteiger partial charge in [0.05, 0.1) is 11.4 Å². The molecule has 0 unspecified atom stereocenters. The van der Waals surface area contributed by atoms with Crippen molar-refractivity contribution in [1.82, 2.24) is 15.0 Å². The number of aromatic nitrogens is 3. The van der Waals surface area contributed by atoms with E-state index in [-0.39, 0.29) is 0 Å². The van der Waals surface area contributed by atoms with Crippen LogP contribution >= 0.6 is 0 Å². The van der Waals surface area contributed by atoms with E-state index in [2.05, 4.69) is 163 Å². The molecule has 3 nitrogen and oxygen atoms in total. The first-order valence-electron chi connectivity index (χ1n) is 16.9. The van der Waals surface area contributed by atoms with Crippen LogP contribution in [0.3, 0.4) is 0 Å². The van der Waals surface area contributed by atoms with Crippen LogP contribution in [0.15, 0.2) is 176 Å². The van der Waals surface area contributed by atoms with E-state index in [0.29, 0.717) is 5.82 Å². The molecule has 0 saturated carbocycles. The summed E-state index contributed by atoms with van der Waals surface area (Å²) in [5.41, 5.74) is 14.5. The minimum atomic E-state index is 0.695. The van der Waals surface area contributed by atoms with Crippen molar-refractivity contribution in [2.75, 3.05) is 0 Å². The fraction of sp³-hybridized carbons (Fsp3) is 0.